The number of fused-ring (bicyclic) bond motifs is 5. The first-order valence-electron chi connectivity index (χ1n) is 23.1. The average Bonchev–Trinajstić information content (AvgIpc) is 3.99. The van der Waals surface area contributed by atoms with Gasteiger partial charge in [-0.1, -0.05) is 54.5 Å². The van der Waals surface area contributed by atoms with Crippen molar-refractivity contribution in [2.45, 2.75) is 147 Å². The van der Waals surface area contributed by atoms with Crippen LogP contribution in [0.25, 0.3) is 0 Å². The molecule has 2 aromatic rings. The Kier molecular flexibility index (Phi) is 18.6. The highest BCUT2D eigenvalue weighted by atomic mass is 35.5. The number of hydrogen-bond donors (Lipinski definition) is 5. The lowest BCUT2D eigenvalue weighted by molar-refractivity contribution is -0.154. The number of nitrogens with zero attached hydrogens (tertiary/aromatic N) is 1. The molecule has 5 rings (SSSR count). The van der Waals surface area contributed by atoms with Crippen LogP contribution < -0.4 is 30.9 Å². The van der Waals surface area contributed by atoms with Crippen molar-refractivity contribution < 1.29 is 62.4 Å². The molecule has 3 heterocycles. The summed E-state index contributed by atoms with van der Waals surface area (Å²) >= 11 is 6.80. The maximum Gasteiger partial charge on any atom is 0.409 e. The molecule has 2 aromatic carbocycles. The number of benzene rings is 2. The van der Waals surface area contributed by atoms with Gasteiger partial charge in [-0.25, -0.2) is 4.79 Å². The van der Waals surface area contributed by atoms with Crippen molar-refractivity contribution >= 4 is 64.5 Å². The molecule has 5 N–H and O–H groups in total. The number of methoxy groups -OCH3 is 2. The van der Waals surface area contributed by atoms with Gasteiger partial charge in [-0.3, -0.25) is 29.3 Å². The van der Waals surface area contributed by atoms with Crippen molar-refractivity contribution in [3.63, 3.8) is 0 Å². The number of ketones is 1. The molecule has 2 unspecified atom stereocenters. The molecule has 5 amide bonds. The zero-order valence-electron chi connectivity index (χ0n) is 40.8. The molecule has 19 heteroatoms. The van der Waals surface area contributed by atoms with E-state index in [0.29, 0.717) is 42.8 Å². The maximum absolute atomic E-state index is 14.2. The molecule has 3 aliphatic rings. The Labute approximate surface area is 408 Å². The number of hydrogen-bond acceptors (Lipinski definition) is 13. The molecule has 0 aromatic heterocycles. The van der Waals surface area contributed by atoms with E-state index in [0.717, 1.165) is 16.7 Å². The van der Waals surface area contributed by atoms with Crippen molar-refractivity contribution in [2.24, 2.45) is 5.92 Å². The van der Waals surface area contributed by atoms with Gasteiger partial charge in [0.2, 0.25) is 23.6 Å². The topological polar surface area (TPSA) is 241 Å². The van der Waals surface area contributed by atoms with E-state index in [1.807, 2.05) is 32.1 Å². The second kappa shape index (κ2) is 23.7. The number of unbranched alkanes of at least 4 members (excludes halogenated alkanes) is 1. The Morgan fingerprint density at radius 1 is 1.03 bits per heavy atom. The van der Waals surface area contributed by atoms with E-state index in [2.05, 4.69) is 21.3 Å². The molecule has 4 bridgehead atoms. The van der Waals surface area contributed by atoms with E-state index in [-0.39, 0.29) is 42.9 Å². The molecule has 2 fully saturated rings. The summed E-state index contributed by atoms with van der Waals surface area (Å²) in [6, 6.07) is 8.82. The third-order valence-electron chi connectivity index (χ3n) is 12.8. The molecule has 9 atom stereocenters. The van der Waals surface area contributed by atoms with E-state index in [1.54, 1.807) is 50.4 Å². The second-order valence-electron chi connectivity index (χ2n) is 18.4. The van der Waals surface area contributed by atoms with E-state index in [9.17, 15) is 38.7 Å². The minimum absolute atomic E-state index is 0.0366. The standard InChI is InChI=1S/C50H66ClN5O13/c1-28-13-12-15-40(66-9)50(64)27-39(67-48(63)55-50)30(3)45-49(6,69-45)41(26-42(59)56(7)37-24-34(23-28)25-38(65-8)44(37)51)68-43(60)16-11-10-14-33-18-20-35(21-19-33)54-46(61)31(4)52-47(62)36(53-32(5)58)22-17-29(2)57/h12-13,15,18-21,24-25,30-31,36,39-41,45,64H,10-11,14,16-17,22-23,26-27H2,1-9H3,(H,52,62)(H,53,58)(H,54,61)(H,55,63)/b15-12+,28-13+/t30-,31?,36?,39+,40-,41+,45+,49+,50+/m1/s1. The molecule has 18 nitrogen and oxygen atoms in total. The lowest BCUT2D eigenvalue weighted by atomic mass is 9.83. The summed E-state index contributed by atoms with van der Waals surface area (Å²) in [6.07, 6.45) is 2.92. The van der Waals surface area contributed by atoms with Gasteiger partial charge in [-0.05, 0) is 95.2 Å². The first kappa shape index (κ1) is 54.1. The van der Waals surface area contributed by atoms with Gasteiger partial charge in [-0.15, -0.1) is 0 Å². The van der Waals surface area contributed by atoms with Gasteiger partial charge in [-0.2, -0.15) is 0 Å². The van der Waals surface area contributed by atoms with Crippen molar-refractivity contribution in [3.8, 4) is 5.75 Å². The van der Waals surface area contributed by atoms with E-state index < -0.39 is 89.4 Å². The number of epoxide rings is 1. The third kappa shape index (κ3) is 14.4. The molecule has 376 valence electrons. The summed E-state index contributed by atoms with van der Waals surface area (Å²) in [6.45, 7) is 9.64. The minimum atomic E-state index is -1.84. The number of esters is 1. The molecule has 0 radical (unpaired) electrons. The smallest absolute Gasteiger partial charge is 0.409 e. The number of carbonyl (C=O) groups is 7. The number of amides is 5. The van der Waals surface area contributed by atoms with Crippen molar-refractivity contribution in [1.29, 1.82) is 0 Å². The fourth-order valence-electron chi connectivity index (χ4n) is 8.67. The van der Waals surface area contributed by atoms with Crippen LogP contribution >= 0.6 is 11.6 Å². The number of nitrogens with one attached hydrogen (secondary N) is 4. The third-order valence-corrected chi connectivity index (χ3v) is 13.2. The predicted molar refractivity (Wildman–Crippen MR) is 256 cm³/mol. The lowest BCUT2D eigenvalue weighted by Gasteiger charge is -2.42. The summed E-state index contributed by atoms with van der Waals surface area (Å²) in [7, 11) is 4.50. The van der Waals surface area contributed by atoms with Crippen LogP contribution in [0, 0.1) is 5.92 Å². The summed E-state index contributed by atoms with van der Waals surface area (Å²) < 4.78 is 29.4. The van der Waals surface area contributed by atoms with Gasteiger partial charge < -0.3 is 54.4 Å². The number of allylic oxidation sites excluding steroid dienone is 3. The van der Waals surface area contributed by atoms with Crippen LogP contribution in [0.4, 0.5) is 16.2 Å². The first-order chi connectivity index (χ1) is 32.6. The van der Waals surface area contributed by atoms with Crippen LogP contribution in [0.3, 0.4) is 0 Å². The fourth-order valence-corrected chi connectivity index (χ4v) is 8.98. The highest BCUT2D eigenvalue weighted by Gasteiger charge is 2.64. The quantitative estimate of drug-likeness (QED) is 0.0806. The number of anilines is 2. The number of aryl methyl sites for hydroxylation is 1. The highest BCUT2D eigenvalue weighted by molar-refractivity contribution is 6.35. The summed E-state index contributed by atoms with van der Waals surface area (Å²) in [5, 5.41) is 22.4. The fraction of sp³-hybridized carbons (Fsp3) is 0.540. The summed E-state index contributed by atoms with van der Waals surface area (Å²) in [4.78, 5) is 91.0. The number of aliphatic hydroxyl groups is 1. The van der Waals surface area contributed by atoms with Gasteiger partial charge in [0, 0.05) is 51.9 Å². The van der Waals surface area contributed by atoms with Gasteiger partial charge in [0.1, 0.15) is 52.6 Å². The highest BCUT2D eigenvalue weighted by Crippen LogP contribution is 2.49. The zero-order valence-corrected chi connectivity index (χ0v) is 41.5. The van der Waals surface area contributed by atoms with E-state index in [4.69, 9.17) is 35.3 Å². The van der Waals surface area contributed by atoms with Crippen LogP contribution in [0.15, 0.2) is 60.2 Å². The van der Waals surface area contributed by atoms with Crippen molar-refractivity contribution in [2.75, 3.05) is 31.5 Å². The summed E-state index contributed by atoms with van der Waals surface area (Å²) in [5.41, 5.74) is 0.540. The molecule has 3 aliphatic heterocycles. The maximum atomic E-state index is 14.2. The SMILES string of the molecule is COc1cc2cc(c1Cl)N(C)C(=O)C[C@H](OC(=O)CCCCc1ccc(NC(=O)C(C)NC(=O)C(CCC(C)=O)NC(C)=O)cc1)[C@]1(C)O[C@H]1[C@H](C)[C@@H]1C[C@@](O)(NC(=O)O1)[C@H](OC)/C=C/C=C(\C)C2. The first-order valence-corrected chi connectivity index (χ1v) is 23.5. The molecule has 0 aliphatic carbocycles. The van der Waals surface area contributed by atoms with Crippen LogP contribution in [-0.2, 0) is 60.6 Å². The Balaban J connectivity index is 1.25. The van der Waals surface area contributed by atoms with Crippen molar-refractivity contribution in [1.82, 2.24) is 16.0 Å². The molecular weight excluding hydrogens is 914 g/mol. The molecule has 2 saturated heterocycles. The number of rotatable bonds is 16. The van der Waals surface area contributed by atoms with Crippen LogP contribution in [0.5, 0.6) is 5.75 Å². The Morgan fingerprint density at radius 3 is 2.39 bits per heavy atom. The van der Waals surface area contributed by atoms with E-state index >= 15 is 0 Å². The lowest BCUT2D eigenvalue weighted by Crippen LogP contribution is -2.63. The molecular formula is C50H66ClN5O13. The number of alkyl carbamates (subject to hydrolysis) is 1. The Bertz CT molecular complexity index is 2310. The normalized spacial score (nSPS) is 26.9. The second-order valence-corrected chi connectivity index (χ2v) is 18.8. The number of halogens is 1. The van der Waals surface area contributed by atoms with Crippen LogP contribution in [0.2, 0.25) is 5.02 Å². The van der Waals surface area contributed by atoms with Gasteiger partial charge in [0.15, 0.2) is 5.72 Å². The minimum Gasteiger partial charge on any atom is -0.495 e. The average molecular weight is 981 g/mol. The Hall–Kier alpha value is -5.82. The monoisotopic (exact) mass is 979 g/mol. The van der Waals surface area contributed by atoms with Gasteiger partial charge >= 0.3 is 12.1 Å². The largest absolute Gasteiger partial charge is 0.495 e. The number of carbonyl (C=O) groups excluding carboxylic acids is 7. The van der Waals surface area contributed by atoms with Crippen LogP contribution in [-0.4, -0.2) is 116 Å². The van der Waals surface area contributed by atoms with Crippen molar-refractivity contribution in [3.05, 3.63) is 76.3 Å². The zero-order chi connectivity index (χ0) is 50.8. The Morgan fingerprint density at radius 2 is 1.74 bits per heavy atom. The summed E-state index contributed by atoms with van der Waals surface area (Å²) in [5.74, 6) is -2.73. The van der Waals surface area contributed by atoms with E-state index in [1.165, 1.54) is 39.9 Å². The molecule has 69 heavy (non-hydrogen) atoms. The molecule has 0 spiro atoms. The molecule has 0 saturated carbocycles. The number of ether oxygens (including phenoxy) is 5. The number of Topliss-reactive ketones (excluding diaryl/α,β-unsaturated/α-hetero) is 1. The predicted octanol–water partition coefficient (Wildman–Crippen LogP) is 5.40. The van der Waals surface area contributed by atoms with Gasteiger partial charge in [0.05, 0.1) is 25.3 Å². The van der Waals surface area contributed by atoms with Gasteiger partial charge in [0.25, 0.3) is 0 Å². The van der Waals surface area contributed by atoms with Crippen LogP contribution in [0.1, 0.15) is 97.6 Å².